The second-order valence-electron chi connectivity index (χ2n) is 10.6. The van der Waals surface area contributed by atoms with Gasteiger partial charge in [0.1, 0.15) is 18.4 Å². The number of unbranched alkanes of at least 4 members (excludes halogenated alkanes) is 7. The van der Waals surface area contributed by atoms with E-state index < -0.39 is 0 Å². The van der Waals surface area contributed by atoms with Crippen LogP contribution < -0.4 is 4.57 Å². The molecule has 2 nitrogen and oxygen atoms in total. The Balaban J connectivity index is 1.84. The maximum absolute atomic E-state index is 2.51. The molecule has 0 amide bonds. The molecule has 0 aliphatic rings. The minimum absolute atomic E-state index is 0.0115. The van der Waals surface area contributed by atoms with Gasteiger partial charge >= 0.3 is 0 Å². The van der Waals surface area contributed by atoms with Crippen molar-refractivity contribution >= 4 is 0 Å². The Hall–Kier alpha value is -2.35. The quantitative estimate of drug-likeness (QED) is 0.159. The second kappa shape index (κ2) is 13.5. The maximum Gasteiger partial charge on any atom is 0.244 e. The molecule has 2 heteroatoms. The Bertz CT molecular complexity index is 928. The smallest absolute Gasteiger partial charge is 0.235 e. The summed E-state index contributed by atoms with van der Waals surface area (Å²) < 4.78 is 4.85. The molecule has 34 heavy (non-hydrogen) atoms. The Kier molecular flexibility index (Phi) is 10.4. The average Bonchev–Trinajstić information content (AvgIpc) is 3.34. The van der Waals surface area contributed by atoms with Gasteiger partial charge < -0.3 is 0 Å². The first-order chi connectivity index (χ1) is 16.5. The van der Waals surface area contributed by atoms with Gasteiger partial charge in [0.05, 0.1) is 6.04 Å². The van der Waals surface area contributed by atoms with Crippen LogP contribution in [0.5, 0.6) is 0 Å². The monoisotopic (exact) mass is 459 g/mol. The Labute approximate surface area is 209 Å². The first-order valence-electron chi connectivity index (χ1n) is 13.7. The van der Waals surface area contributed by atoms with Crippen molar-refractivity contribution in [1.82, 2.24) is 4.57 Å². The van der Waals surface area contributed by atoms with Gasteiger partial charge in [-0.25, -0.2) is 9.13 Å². The van der Waals surface area contributed by atoms with Crippen LogP contribution in [0.2, 0.25) is 0 Å². The highest BCUT2D eigenvalue weighted by Crippen LogP contribution is 2.39. The molecule has 0 spiro atoms. The molecule has 0 aliphatic carbocycles. The SMILES string of the molecule is CCCCCCCCCCC([n+]1ccn(C(C)C)c1)C(C)(Cc1ccccc1)c1ccccc1. The topological polar surface area (TPSA) is 8.81 Å². The van der Waals surface area contributed by atoms with Crippen LogP contribution in [-0.2, 0) is 11.8 Å². The van der Waals surface area contributed by atoms with Gasteiger partial charge in [0.2, 0.25) is 6.33 Å². The van der Waals surface area contributed by atoms with Crippen LogP contribution >= 0.6 is 0 Å². The van der Waals surface area contributed by atoms with Gasteiger partial charge in [-0.05, 0) is 44.2 Å². The van der Waals surface area contributed by atoms with Crippen molar-refractivity contribution < 1.29 is 4.57 Å². The highest BCUT2D eigenvalue weighted by atomic mass is 15.1. The van der Waals surface area contributed by atoms with E-state index in [1.54, 1.807) is 0 Å². The van der Waals surface area contributed by atoms with Crippen molar-refractivity contribution in [2.45, 2.75) is 109 Å². The molecule has 2 unspecified atom stereocenters. The van der Waals surface area contributed by atoms with Crippen molar-refractivity contribution in [3.8, 4) is 0 Å². The number of benzene rings is 2. The maximum atomic E-state index is 2.51. The molecule has 0 N–H and O–H groups in total. The molecular weight excluding hydrogens is 412 g/mol. The van der Waals surface area contributed by atoms with Crippen molar-refractivity contribution in [3.05, 3.63) is 90.5 Å². The molecule has 0 saturated heterocycles. The number of aromatic nitrogens is 2. The lowest BCUT2D eigenvalue weighted by atomic mass is 9.70. The largest absolute Gasteiger partial charge is 0.244 e. The molecule has 184 valence electrons. The summed E-state index contributed by atoms with van der Waals surface area (Å²) in [6, 6.07) is 23.2. The molecule has 1 aromatic heterocycles. The number of nitrogens with zero attached hydrogens (tertiary/aromatic N) is 2. The van der Waals surface area contributed by atoms with Crippen molar-refractivity contribution in [1.29, 1.82) is 0 Å². The van der Waals surface area contributed by atoms with Gasteiger partial charge in [-0.15, -0.1) is 0 Å². The van der Waals surface area contributed by atoms with E-state index in [2.05, 4.69) is 116 Å². The summed E-state index contributed by atoms with van der Waals surface area (Å²) in [6.07, 6.45) is 20.1. The normalized spacial score (nSPS) is 14.3. The molecule has 2 atom stereocenters. The number of hydrogen-bond acceptors (Lipinski definition) is 0. The molecule has 0 bridgehead atoms. The molecule has 3 rings (SSSR count). The summed E-state index contributed by atoms with van der Waals surface area (Å²) >= 11 is 0. The van der Waals surface area contributed by atoms with Gasteiger partial charge in [0.25, 0.3) is 0 Å². The first kappa shape index (κ1) is 26.3. The van der Waals surface area contributed by atoms with E-state index in [1.165, 1.54) is 68.9 Å². The Morgan fingerprint density at radius 3 is 1.97 bits per heavy atom. The molecular formula is C32H47N2+. The van der Waals surface area contributed by atoms with Crippen LogP contribution in [0.15, 0.2) is 79.4 Å². The number of hydrogen-bond donors (Lipinski definition) is 0. The fraction of sp³-hybridized carbons (Fsp3) is 0.531. The van der Waals surface area contributed by atoms with Gasteiger partial charge in [-0.1, -0.05) is 119 Å². The Morgan fingerprint density at radius 1 is 0.794 bits per heavy atom. The highest BCUT2D eigenvalue weighted by Gasteiger charge is 2.40. The zero-order valence-electron chi connectivity index (χ0n) is 22.1. The van der Waals surface area contributed by atoms with E-state index in [4.69, 9.17) is 0 Å². The highest BCUT2D eigenvalue weighted by molar-refractivity contribution is 5.29. The Morgan fingerprint density at radius 2 is 1.38 bits per heavy atom. The van der Waals surface area contributed by atoms with Gasteiger partial charge in [0, 0.05) is 5.41 Å². The van der Waals surface area contributed by atoms with Crippen molar-refractivity contribution in [2.24, 2.45) is 0 Å². The minimum atomic E-state index is 0.0115. The standard InChI is InChI=1S/C32H47N2/c1-5-6-7-8-9-10-11-18-23-31(34-25-24-33(27-34)28(2)3)32(4,30-21-16-13-17-22-30)26-29-19-14-12-15-20-29/h12-17,19-22,24-25,27-28,31H,5-11,18,23,26H2,1-4H3/q+1. The summed E-state index contributed by atoms with van der Waals surface area (Å²) in [4.78, 5) is 0. The molecule has 0 aliphatic heterocycles. The predicted octanol–water partition coefficient (Wildman–Crippen LogP) is 8.63. The molecule has 0 radical (unpaired) electrons. The summed E-state index contributed by atoms with van der Waals surface area (Å²) in [5.41, 5.74) is 2.87. The number of imidazole rings is 1. The van der Waals surface area contributed by atoms with Crippen LogP contribution in [0, 0.1) is 0 Å². The lowest BCUT2D eigenvalue weighted by Crippen LogP contribution is -2.50. The fourth-order valence-electron chi connectivity index (χ4n) is 5.39. The van der Waals surface area contributed by atoms with E-state index in [1.807, 2.05) is 0 Å². The van der Waals surface area contributed by atoms with Crippen LogP contribution in [0.3, 0.4) is 0 Å². The average molecular weight is 460 g/mol. The lowest BCUT2D eigenvalue weighted by Gasteiger charge is -2.37. The van der Waals surface area contributed by atoms with Crippen molar-refractivity contribution in [2.75, 3.05) is 0 Å². The van der Waals surface area contributed by atoms with E-state index in [-0.39, 0.29) is 5.41 Å². The lowest BCUT2D eigenvalue weighted by molar-refractivity contribution is -0.732. The van der Waals surface area contributed by atoms with E-state index in [0.29, 0.717) is 12.1 Å². The molecule has 1 heterocycles. The summed E-state index contributed by atoms with van der Waals surface area (Å²) in [6.45, 7) is 9.31. The third kappa shape index (κ3) is 7.32. The van der Waals surface area contributed by atoms with Crippen LogP contribution in [0.25, 0.3) is 0 Å². The molecule has 2 aromatic carbocycles. The zero-order valence-corrected chi connectivity index (χ0v) is 22.1. The number of rotatable bonds is 15. The molecule has 0 fully saturated rings. The third-order valence-electron chi connectivity index (χ3n) is 7.55. The summed E-state index contributed by atoms with van der Waals surface area (Å²) in [5, 5.41) is 0. The second-order valence-corrected chi connectivity index (χ2v) is 10.6. The molecule has 0 saturated carbocycles. The predicted molar refractivity (Wildman–Crippen MR) is 145 cm³/mol. The van der Waals surface area contributed by atoms with E-state index in [0.717, 1.165) is 6.42 Å². The third-order valence-corrected chi connectivity index (χ3v) is 7.55. The minimum Gasteiger partial charge on any atom is -0.235 e. The van der Waals surface area contributed by atoms with Crippen molar-refractivity contribution in [3.63, 3.8) is 0 Å². The summed E-state index contributed by atoms with van der Waals surface area (Å²) in [5.74, 6) is 0. The van der Waals surface area contributed by atoms with Crippen LogP contribution in [0.1, 0.15) is 109 Å². The fourth-order valence-corrected chi connectivity index (χ4v) is 5.39. The molecule has 3 aromatic rings. The summed E-state index contributed by atoms with van der Waals surface area (Å²) in [7, 11) is 0. The van der Waals surface area contributed by atoms with Crippen LogP contribution in [0.4, 0.5) is 0 Å². The van der Waals surface area contributed by atoms with Crippen LogP contribution in [-0.4, -0.2) is 4.57 Å². The van der Waals surface area contributed by atoms with E-state index in [9.17, 15) is 0 Å². The zero-order chi connectivity index (χ0) is 24.2. The first-order valence-corrected chi connectivity index (χ1v) is 13.7. The van der Waals surface area contributed by atoms with E-state index >= 15 is 0 Å². The van der Waals surface area contributed by atoms with Gasteiger partial charge in [-0.3, -0.25) is 0 Å². The van der Waals surface area contributed by atoms with Gasteiger partial charge in [-0.2, -0.15) is 0 Å². The van der Waals surface area contributed by atoms with Gasteiger partial charge in [0.15, 0.2) is 0 Å².